The van der Waals surface area contributed by atoms with Gasteiger partial charge in [0.2, 0.25) is 0 Å². The Morgan fingerprint density at radius 2 is 2.35 bits per heavy atom. The van der Waals surface area contributed by atoms with Crippen LogP contribution < -0.4 is 4.74 Å². The monoisotopic (exact) mass is 297 g/mol. The van der Waals surface area contributed by atoms with Gasteiger partial charge in [-0.1, -0.05) is 17.7 Å². The third-order valence-electron chi connectivity index (χ3n) is 3.61. The second kappa shape index (κ2) is 7.50. The van der Waals surface area contributed by atoms with Gasteiger partial charge in [-0.25, -0.2) is 0 Å². The number of nitrogens with zero attached hydrogens (tertiary/aromatic N) is 1. The Labute approximate surface area is 124 Å². The van der Waals surface area contributed by atoms with E-state index >= 15 is 0 Å². The first kappa shape index (κ1) is 15.1. The molecule has 0 spiro atoms. The molecular formula is C15H20ClNO3. The van der Waals surface area contributed by atoms with E-state index in [4.69, 9.17) is 21.4 Å². The van der Waals surface area contributed by atoms with E-state index in [0.29, 0.717) is 17.5 Å². The van der Waals surface area contributed by atoms with E-state index in [2.05, 4.69) is 4.90 Å². The summed E-state index contributed by atoms with van der Waals surface area (Å²) in [5.41, 5.74) is 0. The molecule has 1 aliphatic rings. The predicted molar refractivity (Wildman–Crippen MR) is 78.4 cm³/mol. The van der Waals surface area contributed by atoms with Crippen molar-refractivity contribution in [1.82, 2.24) is 4.90 Å². The molecule has 1 heterocycles. The van der Waals surface area contributed by atoms with Gasteiger partial charge in [0, 0.05) is 24.5 Å². The predicted octanol–water partition coefficient (Wildman–Crippen LogP) is 2.91. The van der Waals surface area contributed by atoms with Gasteiger partial charge in [-0.05, 0) is 43.5 Å². The molecule has 5 heteroatoms. The quantitative estimate of drug-likeness (QED) is 0.841. The highest BCUT2D eigenvalue weighted by atomic mass is 35.5. The number of likely N-dealkylation sites (tertiary alicyclic amines) is 1. The van der Waals surface area contributed by atoms with E-state index in [-0.39, 0.29) is 6.42 Å². The molecule has 1 unspecified atom stereocenters. The lowest BCUT2D eigenvalue weighted by Gasteiger charge is -2.16. The van der Waals surface area contributed by atoms with Gasteiger partial charge in [-0.15, -0.1) is 0 Å². The Balaban J connectivity index is 1.64. The van der Waals surface area contributed by atoms with E-state index in [9.17, 15) is 4.79 Å². The van der Waals surface area contributed by atoms with E-state index in [1.54, 1.807) is 6.07 Å². The van der Waals surface area contributed by atoms with Crippen LogP contribution in [0.3, 0.4) is 0 Å². The first-order valence-corrected chi connectivity index (χ1v) is 7.34. The number of benzene rings is 1. The van der Waals surface area contributed by atoms with Crippen molar-refractivity contribution < 1.29 is 14.6 Å². The minimum Gasteiger partial charge on any atom is -0.492 e. The van der Waals surface area contributed by atoms with Crippen LogP contribution in [0.1, 0.15) is 19.3 Å². The van der Waals surface area contributed by atoms with Crippen molar-refractivity contribution in [2.24, 2.45) is 5.92 Å². The number of carboxylic acid groups (broad SMARTS) is 1. The molecule has 110 valence electrons. The molecule has 0 radical (unpaired) electrons. The molecule has 4 nitrogen and oxygen atoms in total. The summed E-state index contributed by atoms with van der Waals surface area (Å²) in [6.07, 6.45) is 2.14. The van der Waals surface area contributed by atoms with Gasteiger partial charge >= 0.3 is 5.97 Å². The molecule has 1 aromatic carbocycles. The molecule has 2 rings (SSSR count). The first-order valence-electron chi connectivity index (χ1n) is 6.96. The molecule has 1 aliphatic heterocycles. The van der Waals surface area contributed by atoms with Crippen molar-refractivity contribution in [2.45, 2.75) is 19.3 Å². The molecule has 1 aromatic rings. The molecule has 0 amide bonds. The number of rotatable bonds is 7. The summed E-state index contributed by atoms with van der Waals surface area (Å²) in [4.78, 5) is 12.9. The lowest BCUT2D eigenvalue weighted by molar-refractivity contribution is -0.137. The normalized spacial score (nSPS) is 19.1. The van der Waals surface area contributed by atoms with Crippen molar-refractivity contribution >= 4 is 17.6 Å². The fourth-order valence-corrected chi connectivity index (χ4v) is 2.71. The van der Waals surface area contributed by atoms with Crippen molar-refractivity contribution in [3.8, 4) is 5.75 Å². The molecular weight excluding hydrogens is 278 g/mol. The number of hydrogen-bond donors (Lipinski definition) is 1. The zero-order chi connectivity index (χ0) is 14.4. The number of halogens is 1. The molecule has 1 N–H and O–H groups in total. The van der Waals surface area contributed by atoms with Crippen LogP contribution in [-0.2, 0) is 4.79 Å². The molecule has 1 fully saturated rings. The van der Waals surface area contributed by atoms with E-state index in [1.807, 2.05) is 18.2 Å². The van der Waals surface area contributed by atoms with Crippen LogP contribution in [0.4, 0.5) is 0 Å². The Hall–Kier alpha value is -1.26. The number of hydrogen-bond acceptors (Lipinski definition) is 3. The van der Waals surface area contributed by atoms with Gasteiger partial charge in [0.1, 0.15) is 12.4 Å². The Kier molecular flexibility index (Phi) is 5.68. The third kappa shape index (κ3) is 5.02. The highest BCUT2D eigenvalue weighted by Crippen LogP contribution is 2.21. The first-order chi connectivity index (χ1) is 9.63. The van der Waals surface area contributed by atoms with E-state index in [0.717, 1.165) is 38.2 Å². The van der Waals surface area contributed by atoms with Crippen molar-refractivity contribution in [2.75, 3.05) is 26.2 Å². The smallest absolute Gasteiger partial charge is 0.303 e. The highest BCUT2D eigenvalue weighted by molar-refractivity contribution is 6.30. The zero-order valence-corrected chi connectivity index (χ0v) is 12.2. The number of aliphatic carboxylic acids is 1. The Bertz CT molecular complexity index is 452. The zero-order valence-electron chi connectivity index (χ0n) is 11.4. The van der Waals surface area contributed by atoms with Crippen LogP contribution in [0.5, 0.6) is 5.75 Å². The second-order valence-electron chi connectivity index (χ2n) is 5.19. The number of carbonyl (C=O) groups is 1. The summed E-state index contributed by atoms with van der Waals surface area (Å²) >= 11 is 5.89. The molecule has 0 bridgehead atoms. The summed E-state index contributed by atoms with van der Waals surface area (Å²) in [6.45, 7) is 3.51. The van der Waals surface area contributed by atoms with Crippen LogP contribution in [0, 0.1) is 5.92 Å². The second-order valence-corrected chi connectivity index (χ2v) is 5.63. The van der Waals surface area contributed by atoms with Crippen molar-refractivity contribution in [1.29, 1.82) is 0 Å². The standard InChI is InChI=1S/C15H20ClNO3/c16-13-2-1-3-14(10-13)20-9-8-17-7-6-12(11-17)4-5-15(18)19/h1-3,10,12H,4-9,11H2,(H,18,19). The van der Waals surface area contributed by atoms with Crippen molar-refractivity contribution in [3.63, 3.8) is 0 Å². The van der Waals surface area contributed by atoms with Gasteiger partial charge in [-0.2, -0.15) is 0 Å². The number of ether oxygens (including phenoxy) is 1. The molecule has 1 saturated heterocycles. The van der Waals surface area contributed by atoms with Crippen LogP contribution in [0.2, 0.25) is 5.02 Å². The Morgan fingerprint density at radius 1 is 1.50 bits per heavy atom. The topological polar surface area (TPSA) is 49.8 Å². The van der Waals surface area contributed by atoms with Crippen LogP contribution in [-0.4, -0.2) is 42.2 Å². The largest absolute Gasteiger partial charge is 0.492 e. The van der Waals surface area contributed by atoms with Gasteiger partial charge in [0.05, 0.1) is 0 Å². The molecule has 1 atom stereocenters. The molecule has 0 aliphatic carbocycles. The molecule has 0 aromatic heterocycles. The van der Waals surface area contributed by atoms with Crippen molar-refractivity contribution in [3.05, 3.63) is 29.3 Å². The average Bonchev–Trinajstić information content (AvgIpc) is 2.84. The summed E-state index contributed by atoms with van der Waals surface area (Å²) < 4.78 is 5.66. The average molecular weight is 298 g/mol. The minimum absolute atomic E-state index is 0.275. The minimum atomic E-state index is -0.701. The summed E-state index contributed by atoms with van der Waals surface area (Å²) in [6, 6.07) is 7.39. The maximum absolute atomic E-state index is 10.5. The third-order valence-corrected chi connectivity index (χ3v) is 3.84. The lowest BCUT2D eigenvalue weighted by atomic mass is 10.0. The van der Waals surface area contributed by atoms with Gasteiger partial charge in [0.25, 0.3) is 0 Å². The molecule has 0 saturated carbocycles. The maximum Gasteiger partial charge on any atom is 0.303 e. The van der Waals surface area contributed by atoms with Gasteiger partial charge in [0.15, 0.2) is 0 Å². The SMILES string of the molecule is O=C(O)CCC1CCN(CCOc2cccc(Cl)c2)C1. The van der Waals surface area contributed by atoms with Crippen LogP contribution in [0.15, 0.2) is 24.3 Å². The number of carboxylic acids is 1. The van der Waals surface area contributed by atoms with E-state index in [1.165, 1.54) is 0 Å². The van der Waals surface area contributed by atoms with Crippen LogP contribution in [0.25, 0.3) is 0 Å². The van der Waals surface area contributed by atoms with Gasteiger partial charge < -0.3 is 9.84 Å². The van der Waals surface area contributed by atoms with Gasteiger partial charge in [-0.3, -0.25) is 9.69 Å². The Morgan fingerprint density at radius 3 is 3.10 bits per heavy atom. The highest BCUT2D eigenvalue weighted by Gasteiger charge is 2.22. The fraction of sp³-hybridized carbons (Fsp3) is 0.533. The molecule has 20 heavy (non-hydrogen) atoms. The fourth-order valence-electron chi connectivity index (χ4n) is 2.53. The van der Waals surface area contributed by atoms with E-state index < -0.39 is 5.97 Å². The van der Waals surface area contributed by atoms with Crippen LogP contribution >= 0.6 is 11.6 Å². The summed E-state index contributed by atoms with van der Waals surface area (Å²) in [5, 5.41) is 9.36. The lowest BCUT2D eigenvalue weighted by Crippen LogP contribution is -2.26. The summed E-state index contributed by atoms with van der Waals surface area (Å²) in [7, 11) is 0. The maximum atomic E-state index is 10.5. The summed E-state index contributed by atoms with van der Waals surface area (Å²) in [5.74, 6) is 0.601.